The minimum absolute atomic E-state index is 0.204. The van der Waals surface area contributed by atoms with Crippen LogP contribution in [-0.2, 0) is 16.1 Å². The zero-order valence-electron chi connectivity index (χ0n) is 26.0. The molecule has 5 aromatic rings. The van der Waals surface area contributed by atoms with E-state index in [1.807, 2.05) is 31.2 Å². The number of rotatable bonds is 9. The number of halogens is 4. The van der Waals surface area contributed by atoms with Crippen molar-refractivity contribution in [3.05, 3.63) is 142 Å². The molecule has 1 atom stereocenters. The van der Waals surface area contributed by atoms with Crippen LogP contribution in [0.4, 0.5) is 13.2 Å². The van der Waals surface area contributed by atoms with Crippen LogP contribution < -0.4 is 0 Å². The summed E-state index contributed by atoms with van der Waals surface area (Å²) in [5, 5.41) is 9.89. The van der Waals surface area contributed by atoms with Gasteiger partial charge in [-0.3, -0.25) is 0 Å². The normalized spacial score (nSPS) is 12.9. The maximum atomic E-state index is 14.8. The monoisotopic (exact) mass is 684 g/mol. The van der Waals surface area contributed by atoms with Crippen molar-refractivity contribution in [1.82, 2.24) is 3.97 Å². The molecule has 48 heavy (non-hydrogen) atoms. The maximum absolute atomic E-state index is 14.8. The molecule has 0 aliphatic heterocycles. The molecule has 0 saturated heterocycles. The van der Waals surface area contributed by atoms with Crippen LogP contribution in [0.15, 0.2) is 119 Å². The van der Waals surface area contributed by atoms with Gasteiger partial charge in [-0.25, -0.2) is 18.0 Å². The molecule has 0 aliphatic rings. The predicted octanol–water partition coefficient (Wildman–Crippen LogP) is 10.5. The van der Waals surface area contributed by atoms with Crippen LogP contribution in [-0.4, -0.2) is 21.6 Å². The number of hydrogen-bond donors (Lipinski definition) is 0. The number of benzene rings is 4. The highest BCUT2D eigenvalue weighted by atomic mass is 35.5. The number of fused-ring (bicyclic) bond motifs is 1. The summed E-state index contributed by atoms with van der Waals surface area (Å²) in [7, 11) is 1.28. The third-order valence-electron chi connectivity index (χ3n) is 7.52. The number of allylic oxidation sites excluding steroid dienone is 5. The van der Waals surface area contributed by atoms with Crippen molar-refractivity contribution in [3.63, 3.8) is 0 Å². The van der Waals surface area contributed by atoms with Gasteiger partial charge < -0.3 is 9.29 Å². The SMILES string of the molecule is COC(=O)c1ccc(-c2cccc(-c3c(/C=C(C)/C=C\C=C(/C)C#N)c4cc(F)ccc4n3[S+]([O-])c3ccc(C(F)F)cc3)c2)c(Cl)c1. The first-order chi connectivity index (χ1) is 23.0. The fourth-order valence-electron chi connectivity index (χ4n) is 5.17. The molecular formula is C38H28ClF3N2O3S. The summed E-state index contributed by atoms with van der Waals surface area (Å²) >= 11 is 4.67. The summed E-state index contributed by atoms with van der Waals surface area (Å²) in [6, 6.07) is 23.6. The molecule has 5 nitrogen and oxygen atoms in total. The van der Waals surface area contributed by atoms with Gasteiger partial charge >= 0.3 is 5.97 Å². The Morgan fingerprint density at radius 2 is 1.75 bits per heavy atom. The second-order valence-corrected chi connectivity index (χ2v) is 12.6. The lowest BCUT2D eigenvalue weighted by atomic mass is 9.98. The number of nitrogens with zero attached hydrogens (tertiary/aromatic N) is 2. The fourth-order valence-corrected chi connectivity index (χ4v) is 6.75. The summed E-state index contributed by atoms with van der Waals surface area (Å²) in [5.41, 5.74) is 4.77. The van der Waals surface area contributed by atoms with Gasteiger partial charge in [0.1, 0.15) is 22.9 Å². The van der Waals surface area contributed by atoms with E-state index in [2.05, 4.69) is 6.07 Å². The molecule has 0 spiro atoms. The first-order valence-electron chi connectivity index (χ1n) is 14.6. The number of nitriles is 1. The lowest BCUT2D eigenvalue weighted by Crippen LogP contribution is -2.14. The summed E-state index contributed by atoms with van der Waals surface area (Å²) < 4.78 is 62.3. The number of ether oxygens (including phenoxy) is 1. The average Bonchev–Trinajstić information content (AvgIpc) is 3.39. The molecule has 4 aromatic carbocycles. The zero-order valence-corrected chi connectivity index (χ0v) is 27.6. The van der Waals surface area contributed by atoms with E-state index in [-0.39, 0.29) is 16.0 Å². The first kappa shape index (κ1) is 34.3. The van der Waals surface area contributed by atoms with Crippen molar-refractivity contribution in [2.75, 3.05) is 7.11 Å². The molecule has 1 heterocycles. The van der Waals surface area contributed by atoms with Gasteiger partial charge in [-0.15, -0.1) is 0 Å². The van der Waals surface area contributed by atoms with Crippen LogP contribution in [0, 0.1) is 17.1 Å². The van der Waals surface area contributed by atoms with Crippen LogP contribution in [0.3, 0.4) is 0 Å². The van der Waals surface area contributed by atoms with E-state index in [1.165, 1.54) is 55.6 Å². The van der Waals surface area contributed by atoms with Crippen molar-refractivity contribution in [1.29, 1.82) is 5.26 Å². The smallest absolute Gasteiger partial charge is 0.337 e. The maximum Gasteiger partial charge on any atom is 0.337 e. The molecule has 1 unspecified atom stereocenters. The molecule has 0 saturated carbocycles. The van der Waals surface area contributed by atoms with E-state index >= 15 is 0 Å². The number of carbonyl (C=O) groups excluding carboxylic acids is 1. The Hall–Kier alpha value is -5.01. The topological polar surface area (TPSA) is 78.1 Å². The molecule has 0 N–H and O–H groups in total. The lowest BCUT2D eigenvalue weighted by Gasteiger charge is -2.16. The zero-order chi connectivity index (χ0) is 34.5. The van der Waals surface area contributed by atoms with E-state index in [9.17, 15) is 22.5 Å². The van der Waals surface area contributed by atoms with Gasteiger partial charge in [0, 0.05) is 38.2 Å². The molecule has 0 amide bonds. The van der Waals surface area contributed by atoms with Gasteiger partial charge in [-0.05, 0) is 92.2 Å². The highest BCUT2D eigenvalue weighted by molar-refractivity contribution is 7.90. The second kappa shape index (κ2) is 14.8. The van der Waals surface area contributed by atoms with Crippen LogP contribution in [0.2, 0.25) is 5.02 Å². The first-order valence-corrected chi connectivity index (χ1v) is 16.1. The minimum Gasteiger partial charge on any atom is -0.587 e. The lowest BCUT2D eigenvalue weighted by molar-refractivity contribution is 0.0600. The van der Waals surface area contributed by atoms with Crippen molar-refractivity contribution in [2.45, 2.75) is 25.2 Å². The Morgan fingerprint density at radius 1 is 1.02 bits per heavy atom. The highest BCUT2D eigenvalue weighted by Gasteiger charge is 2.28. The number of carbonyl (C=O) groups is 1. The average molecular weight is 685 g/mol. The number of alkyl halides is 2. The van der Waals surface area contributed by atoms with Gasteiger partial charge in [-0.2, -0.15) is 9.23 Å². The number of hydrogen-bond acceptors (Lipinski definition) is 4. The third kappa shape index (κ3) is 7.26. The highest BCUT2D eigenvalue weighted by Crippen LogP contribution is 2.41. The van der Waals surface area contributed by atoms with Crippen molar-refractivity contribution < 1.29 is 27.3 Å². The molecule has 0 fully saturated rings. The molecule has 10 heteroatoms. The second-order valence-electron chi connectivity index (χ2n) is 10.8. The molecule has 5 rings (SSSR count). The van der Waals surface area contributed by atoms with Gasteiger partial charge in [0.25, 0.3) is 6.43 Å². The Morgan fingerprint density at radius 3 is 2.42 bits per heavy atom. The molecule has 0 bridgehead atoms. The van der Waals surface area contributed by atoms with E-state index < -0.39 is 29.6 Å². The Balaban J connectivity index is 1.77. The Bertz CT molecular complexity index is 2150. The predicted molar refractivity (Wildman–Crippen MR) is 184 cm³/mol. The van der Waals surface area contributed by atoms with Crippen LogP contribution in [0.25, 0.3) is 39.4 Å². The largest absolute Gasteiger partial charge is 0.587 e. The van der Waals surface area contributed by atoms with E-state index in [0.29, 0.717) is 49.4 Å². The summed E-state index contributed by atoms with van der Waals surface area (Å²) in [5.74, 6) is -1.03. The molecule has 0 radical (unpaired) electrons. The van der Waals surface area contributed by atoms with Crippen LogP contribution in [0.1, 0.15) is 41.8 Å². The van der Waals surface area contributed by atoms with Gasteiger partial charge in [0.2, 0.25) is 0 Å². The molecule has 0 aliphatic carbocycles. The summed E-state index contributed by atoms with van der Waals surface area (Å²) in [6.45, 7) is 3.53. The quantitative estimate of drug-likeness (QED) is 0.0670. The van der Waals surface area contributed by atoms with Crippen molar-refractivity contribution in [2.24, 2.45) is 0 Å². The Kier molecular flexibility index (Phi) is 10.6. The molecular weight excluding hydrogens is 657 g/mol. The van der Waals surface area contributed by atoms with Gasteiger partial charge in [0.05, 0.1) is 24.3 Å². The minimum atomic E-state index is -2.69. The van der Waals surface area contributed by atoms with Crippen LogP contribution >= 0.6 is 11.6 Å². The summed E-state index contributed by atoms with van der Waals surface area (Å²) in [4.78, 5) is 12.3. The van der Waals surface area contributed by atoms with E-state index in [1.54, 1.807) is 47.3 Å². The van der Waals surface area contributed by atoms with E-state index in [0.717, 1.165) is 5.57 Å². The Labute approximate surface area is 284 Å². The number of methoxy groups -OCH3 is 1. The molecule has 242 valence electrons. The van der Waals surface area contributed by atoms with Crippen molar-refractivity contribution in [3.8, 4) is 28.5 Å². The number of esters is 1. The van der Waals surface area contributed by atoms with Crippen molar-refractivity contribution >= 4 is 45.9 Å². The molecule has 1 aromatic heterocycles. The van der Waals surface area contributed by atoms with E-state index in [4.69, 9.17) is 21.6 Å². The summed E-state index contributed by atoms with van der Waals surface area (Å²) in [6.07, 6.45) is 4.34. The standard InChI is InChI=1S/C38H28ClF3N2O3S/c1-23(6-4-7-24(2)22-43)18-33-32-21-29(40)13-17-35(32)44(48(46)30-14-10-25(11-15-30)37(41)42)36(33)27-9-5-8-26(19-27)31-16-12-28(20-34(31)39)38(45)47-3/h4-21,37H,1-3H3/b6-4-,23-18+,24-7+. The third-order valence-corrected chi connectivity index (χ3v) is 9.22. The van der Waals surface area contributed by atoms with Gasteiger partial charge in [-0.1, -0.05) is 53.6 Å². The number of aromatic nitrogens is 1. The fraction of sp³-hybridized carbons (Fsp3) is 0.105. The van der Waals surface area contributed by atoms with Gasteiger partial charge in [0.15, 0.2) is 4.90 Å². The van der Waals surface area contributed by atoms with Crippen LogP contribution in [0.5, 0.6) is 0 Å².